The number of rotatable bonds is 3. The van der Waals surface area contributed by atoms with Crippen LogP contribution in [0.1, 0.15) is 30.3 Å². The molecule has 4 nitrogen and oxygen atoms in total. The van der Waals surface area contributed by atoms with Gasteiger partial charge in [-0.25, -0.2) is 0 Å². The second-order valence-corrected chi connectivity index (χ2v) is 4.93. The fraction of sp³-hybridized carbons (Fsp3) is 0.500. The number of aliphatic hydroxyl groups is 1. The maximum absolute atomic E-state index is 12.0. The zero-order chi connectivity index (χ0) is 12.5. The van der Waals surface area contributed by atoms with Crippen molar-refractivity contribution in [2.45, 2.75) is 25.4 Å². The molecule has 1 aromatic rings. The summed E-state index contributed by atoms with van der Waals surface area (Å²) in [7, 11) is 0. The first-order chi connectivity index (χ1) is 8.04. The van der Waals surface area contributed by atoms with E-state index >= 15 is 0 Å². The van der Waals surface area contributed by atoms with Gasteiger partial charge in [-0.3, -0.25) is 9.78 Å². The number of nitrogens with zero attached hydrogens (tertiary/aromatic N) is 2. The predicted molar refractivity (Wildman–Crippen MR) is 65.0 cm³/mol. The van der Waals surface area contributed by atoms with Crippen LogP contribution in [-0.4, -0.2) is 39.6 Å². The molecule has 0 aromatic carbocycles. The predicted octanol–water partition coefficient (Wildman–Crippen LogP) is 1.72. The van der Waals surface area contributed by atoms with Gasteiger partial charge in [0, 0.05) is 11.2 Å². The summed E-state index contributed by atoms with van der Waals surface area (Å²) in [5.74, 6) is -0.173. The van der Waals surface area contributed by atoms with Gasteiger partial charge in [-0.2, -0.15) is 0 Å². The largest absolute Gasteiger partial charge is 0.386 e. The van der Waals surface area contributed by atoms with Crippen LogP contribution in [0.5, 0.6) is 0 Å². The molecule has 2 heterocycles. The van der Waals surface area contributed by atoms with Gasteiger partial charge in [0.1, 0.15) is 5.69 Å². The summed E-state index contributed by atoms with van der Waals surface area (Å²) in [6.07, 6.45) is 3.14. The van der Waals surface area contributed by atoms with Crippen LogP contribution >= 0.6 is 11.6 Å². The standard InChI is InChI=1S/C12H15ClN2O2/c1-2-4-12(17)7-15(8-12)11(16)10-6-9(13)3-5-14-10/h3,5-6,17H,2,4,7-8H2,1H3. The highest BCUT2D eigenvalue weighted by atomic mass is 35.5. The number of halogens is 1. The average molecular weight is 255 g/mol. The van der Waals surface area contributed by atoms with Crippen LogP contribution in [0.3, 0.4) is 0 Å². The van der Waals surface area contributed by atoms with Crippen LogP contribution in [0.4, 0.5) is 0 Å². The molecule has 1 aromatic heterocycles. The Balaban J connectivity index is 2.00. The molecule has 0 radical (unpaired) electrons. The van der Waals surface area contributed by atoms with E-state index in [1.807, 2.05) is 6.92 Å². The minimum atomic E-state index is -0.705. The molecule has 0 unspecified atom stereocenters. The first-order valence-corrected chi connectivity index (χ1v) is 6.05. The number of aromatic nitrogens is 1. The van der Waals surface area contributed by atoms with E-state index in [4.69, 9.17) is 11.6 Å². The van der Waals surface area contributed by atoms with Gasteiger partial charge in [-0.1, -0.05) is 24.9 Å². The van der Waals surface area contributed by atoms with E-state index in [0.29, 0.717) is 23.8 Å². The topological polar surface area (TPSA) is 53.4 Å². The fourth-order valence-corrected chi connectivity index (χ4v) is 2.27. The summed E-state index contributed by atoms with van der Waals surface area (Å²) < 4.78 is 0. The van der Waals surface area contributed by atoms with Gasteiger partial charge in [0.05, 0.1) is 18.7 Å². The van der Waals surface area contributed by atoms with E-state index in [0.717, 1.165) is 12.8 Å². The molecule has 2 rings (SSSR count). The van der Waals surface area contributed by atoms with E-state index in [-0.39, 0.29) is 5.91 Å². The number of pyridine rings is 1. The Morgan fingerprint density at radius 1 is 1.65 bits per heavy atom. The third kappa shape index (κ3) is 2.58. The highest BCUT2D eigenvalue weighted by molar-refractivity contribution is 6.30. The zero-order valence-electron chi connectivity index (χ0n) is 9.69. The fourth-order valence-electron chi connectivity index (χ4n) is 2.12. The molecule has 1 aliphatic heterocycles. The molecule has 1 aliphatic rings. The summed E-state index contributed by atoms with van der Waals surface area (Å²) in [6, 6.07) is 3.17. The SMILES string of the molecule is CCCC1(O)CN(C(=O)c2cc(Cl)ccn2)C1. The summed E-state index contributed by atoms with van der Waals surface area (Å²) in [5, 5.41) is 10.5. The third-order valence-corrected chi connectivity index (χ3v) is 3.15. The van der Waals surface area contributed by atoms with Crippen LogP contribution in [-0.2, 0) is 0 Å². The van der Waals surface area contributed by atoms with E-state index in [1.165, 1.54) is 6.20 Å². The second-order valence-electron chi connectivity index (χ2n) is 4.49. The van der Waals surface area contributed by atoms with Crippen molar-refractivity contribution < 1.29 is 9.90 Å². The smallest absolute Gasteiger partial charge is 0.272 e. The van der Waals surface area contributed by atoms with Crippen LogP contribution in [0.15, 0.2) is 18.3 Å². The first-order valence-electron chi connectivity index (χ1n) is 5.67. The average Bonchev–Trinajstić information content (AvgIpc) is 2.25. The molecule has 0 aliphatic carbocycles. The quantitative estimate of drug-likeness (QED) is 0.894. The molecular weight excluding hydrogens is 240 g/mol. The van der Waals surface area contributed by atoms with E-state index in [1.54, 1.807) is 17.0 Å². The van der Waals surface area contributed by atoms with E-state index in [9.17, 15) is 9.90 Å². The monoisotopic (exact) mass is 254 g/mol. The van der Waals surface area contributed by atoms with Gasteiger partial charge < -0.3 is 10.0 Å². The highest BCUT2D eigenvalue weighted by Crippen LogP contribution is 2.27. The van der Waals surface area contributed by atoms with Crippen LogP contribution < -0.4 is 0 Å². The Hall–Kier alpha value is -1.13. The Morgan fingerprint density at radius 2 is 2.35 bits per heavy atom. The number of carbonyl (C=O) groups excluding carboxylic acids is 1. The van der Waals surface area contributed by atoms with E-state index < -0.39 is 5.60 Å². The molecule has 1 fully saturated rings. The van der Waals surface area contributed by atoms with Crippen molar-refractivity contribution in [1.29, 1.82) is 0 Å². The van der Waals surface area contributed by atoms with Gasteiger partial charge >= 0.3 is 0 Å². The lowest BCUT2D eigenvalue weighted by Crippen LogP contribution is -2.63. The molecule has 5 heteroatoms. The van der Waals surface area contributed by atoms with Crippen molar-refractivity contribution in [2.24, 2.45) is 0 Å². The number of hydrogen-bond donors (Lipinski definition) is 1. The minimum absolute atomic E-state index is 0.173. The molecule has 1 saturated heterocycles. The highest BCUT2D eigenvalue weighted by Gasteiger charge is 2.43. The van der Waals surface area contributed by atoms with Gasteiger partial charge in [0.25, 0.3) is 5.91 Å². The number of carbonyl (C=O) groups is 1. The maximum atomic E-state index is 12.0. The summed E-state index contributed by atoms with van der Waals surface area (Å²) in [4.78, 5) is 17.5. The molecule has 0 saturated carbocycles. The first kappa shape index (κ1) is 12.3. The zero-order valence-corrected chi connectivity index (χ0v) is 10.4. The lowest BCUT2D eigenvalue weighted by atomic mass is 9.89. The molecular formula is C12H15ClN2O2. The number of likely N-dealkylation sites (tertiary alicyclic amines) is 1. The number of amides is 1. The summed E-state index contributed by atoms with van der Waals surface area (Å²) in [5.41, 5.74) is -0.376. The number of hydrogen-bond acceptors (Lipinski definition) is 3. The number of β-amino-alcohol motifs (C(OH)–C–C–N with tert-alkyl or cyclic N) is 1. The Bertz CT molecular complexity index is 430. The van der Waals surface area contributed by atoms with Crippen molar-refractivity contribution in [2.75, 3.05) is 13.1 Å². The second kappa shape index (κ2) is 4.63. The normalized spacial score (nSPS) is 17.7. The van der Waals surface area contributed by atoms with Gasteiger partial charge in [-0.15, -0.1) is 0 Å². The van der Waals surface area contributed by atoms with Crippen LogP contribution in [0, 0.1) is 0 Å². The van der Waals surface area contributed by atoms with Gasteiger partial charge in [0.2, 0.25) is 0 Å². The summed E-state index contributed by atoms with van der Waals surface area (Å²) >= 11 is 5.80. The van der Waals surface area contributed by atoms with Crippen molar-refractivity contribution in [1.82, 2.24) is 9.88 Å². The maximum Gasteiger partial charge on any atom is 0.272 e. The summed E-state index contributed by atoms with van der Waals surface area (Å²) in [6.45, 7) is 2.78. The lowest BCUT2D eigenvalue weighted by molar-refractivity contribution is -0.0861. The Kier molecular flexibility index (Phi) is 3.35. The molecule has 17 heavy (non-hydrogen) atoms. The van der Waals surface area contributed by atoms with Crippen LogP contribution in [0.2, 0.25) is 5.02 Å². The van der Waals surface area contributed by atoms with Crippen LogP contribution in [0.25, 0.3) is 0 Å². The lowest BCUT2D eigenvalue weighted by Gasteiger charge is -2.46. The van der Waals surface area contributed by atoms with Crippen molar-refractivity contribution in [3.8, 4) is 0 Å². The molecule has 0 atom stereocenters. The molecule has 0 bridgehead atoms. The Morgan fingerprint density at radius 3 is 2.94 bits per heavy atom. The molecule has 1 N–H and O–H groups in total. The molecule has 1 amide bonds. The van der Waals surface area contributed by atoms with Crippen molar-refractivity contribution in [3.05, 3.63) is 29.0 Å². The minimum Gasteiger partial charge on any atom is -0.386 e. The third-order valence-electron chi connectivity index (χ3n) is 2.91. The molecule has 0 spiro atoms. The van der Waals surface area contributed by atoms with E-state index in [2.05, 4.69) is 4.98 Å². The van der Waals surface area contributed by atoms with Crippen molar-refractivity contribution >= 4 is 17.5 Å². The van der Waals surface area contributed by atoms with Gasteiger partial charge in [-0.05, 0) is 18.6 Å². The van der Waals surface area contributed by atoms with Crippen molar-refractivity contribution in [3.63, 3.8) is 0 Å². The Labute approximate surface area is 105 Å². The molecule has 92 valence electrons. The van der Waals surface area contributed by atoms with Gasteiger partial charge in [0.15, 0.2) is 0 Å².